The first kappa shape index (κ1) is 18.7. The Kier molecular flexibility index (Phi) is 5.53. The number of imidazole rings is 1. The van der Waals surface area contributed by atoms with Crippen LogP contribution < -0.4 is 5.32 Å². The van der Waals surface area contributed by atoms with Crippen molar-refractivity contribution in [3.8, 4) is 0 Å². The highest BCUT2D eigenvalue weighted by Gasteiger charge is 2.27. The van der Waals surface area contributed by atoms with Crippen molar-refractivity contribution >= 4 is 17.0 Å². The van der Waals surface area contributed by atoms with Crippen LogP contribution in [0.1, 0.15) is 50.5 Å². The molecule has 1 aliphatic carbocycles. The first-order valence-electron chi connectivity index (χ1n) is 11.4. The smallest absolute Gasteiger partial charge is 0.204 e. The largest absolute Gasteiger partial charge is 0.353 e. The monoisotopic (exact) mass is 388 g/mol. The Hall–Kier alpha value is -2.33. The van der Waals surface area contributed by atoms with E-state index in [1.54, 1.807) is 0 Å². The number of likely N-dealkylation sites (tertiary alicyclic amines) is 1. The van der Waals surface area contributed by atoms with E-state index in [0.29, 0.717) is 6.04 Å². The number of hydrogen-bond donors (Lipinski definition) is 1. The lowest BCUT2D eigenvalue weighted by molar-refractivity contribution is 0.126. The molecule has 1 aliphatic heterocycles. The number of nitrogens with one attached hydrogen (secondary N) is 1. The second kappa shape index (κ2) is 8.58. The van der Waals surface area contributed by atoms with Gasteiger partial charge in [-0.15, -0.1) is 0 Å². The van der Waals surface area contributed by atoms with Crippen LogP contribution in [0.3, 0.4) is 0 Å². The number of rotatable bonds is 5. The molecule has 0 atom stereocenters. The fraction of sp³-hybridized carbons (Fsp3) is 0.480. The molecular weight excluding hydrogens is 356 g/mol. The standard InChI is InChI=1S/C25H32N4/c1-3-9-20(10-4-1)19-29-24-14-8-7-13-23(24)27-25(29)26-21-15-17-28(18-16-21)22-11-5-2-6-12-22/h1,3-4,7-10,13-14,21-22H,2,5-6,11-12,15-19H2,(H,26,27). The lowest BCUT2D eigenvalue weighted by Gasteiger charge is -2.39. The molecule has 1 saturated heterocycles. The highest BCUT2D eigenvalue weighted by molar-refractivity contribution is 5.78. The van der Waals surface area contributed by atoms with E-state index in [4.69, 9.17) is 4.98 Å². The van der Waals surface area contributed by atoms with Gasteiger partial charge in [0, 0.05) is 25.2 Å². The molecular formula is C25H32N4. The van der Waals surface area contributed by atoms with Crippen LogP contribution in [0.15, 0.2) is 54.6 Å². The average Bonchev–Trinajstić information content (AvgIpc) is 3.12. The molecule has 4 heteroatoms. The number of anilines is 1. The molecule has 152 valence electrons. The normalized spacial score (nSPS) is 19.6. The van der Waals surface area contributed by atoms with Gasteiger partial charge in [0.25, 0.3) is 0 Å². The maximum absolute atomic E-state index is 4.95. The summed E-state index contributed by atoms with van der Waals surface area (Å²) in [4.78, 5) is 7.70. The van der Waals surface area contributed by atoms with Gasteiger partial charge >= 0.3 is 0 Å². The third-order valence-electron chi connectivity index (χ3n) is 6.79. The number of benzene rings is 2. The van der Waals surface area contributed by atoms with Crippen LogP contribution in [0, 0.1) is 0 Å². The van der Waals surface area contributed by atoms with Crippen LogP contribution >= 0.6 is 0 Å². The summed E-state index contributed by atoms with van der Waals surface area (Å²) in [7, 11) is 0. The third kappa shape index (κ3) is 4.18. The van der Waals surface area contributed by atoms with Crippen LogP contribution in [0.5, 0.6) is 0 Å². The van der Waals surface area contributed by atoms with Crippen molar-refractivity contribution in [1.29, 1.82) is 0 Å². The number of hydrogen-bond acceptors (Lipinski definition) is 3. The van der Waals surface area contributed by atoms with Crippen LogP contribution in [-0.2, 0) is 6.54 Å². The molecule has 0 bridgehead atoms. The predicted molar refractivity (Wildman–Crippen MR) is 120 cm³/mol. The molecule has 0 unspecified atom stereocenters. The number of aromatic nitrogens is 2. The van der Waals surface area contributed by atoms with E-state index in [9.17, 15) is 0 Å². The summed E-state index contributed by atoms with van der Waals surface area (Å²) < 4.78 is 2.35. The van der Waals surface area contributed by atoms with Crippen LogP contribution in [-0.4, -0.2) is 39.6 Å². The van der Waals surface area contributed by atoms with Gasteiger partial charge in [-0.05, 0) is 43.4 Å². The van der Waals surface area contributed by atoms with Gasteiger partial charge in [-0.3, -0.25) is 0 Å². The highest BCUT2D eigenvalue weighted by Crippen LogP contribution is 2.27. The molecule has 29 heavy (non-hydrogen) atoms. The van der Waals surface area contributed by atoms with Crippen LogP contribution in [0.4, 0.5) is 5.95 Å². The molecule has 3 aromatic rings. The third-order valence-corrected chi connectivity index (χ3v) is 6.79. The Balaban J connectivity index is 1.31. The maximum Gasteiger partial charge on any atom is 0.204 e. The predicted octanol–water partition coefficient (Wildman–Crippen LogP) is 5.29. The maximum atomic E-state index is 4.95. The Bertz CT molecular complexity index is 918. The zero-order valence-corrected chi connectivity index (χ0v) is 17.3. The van der Waals surface area contributed by atoms with Gasteiger partial charge in [0.05, 0.1) is 17.6 Å². The van der Waals surface area contributed by atoms with Gasteiger partial charge in [-0.2, -0.15) is 0 Å². The van der Waals surface area contributed by atoms with E-state index in [1.807, 2.05) is 0 Å². The van der Waals surface area contributed by atoms with E-state index in [2.05, 4.69) is 69.4 Å². The first-order valence-corrected chi connectivity index (χ1v) is 11.4. The van der Waals surface area contributed by atoms with Gasteiger partial charge in [-0.1, -0.05) is 61.7 Å². The number of fused-ring (bicyclic) bond motifs is 1. The van der Waals surface area contributed by atoms with Gasteiger partial charge in [0.15, 0.2) is 0 Å². The van der Waals surface area contributed by atoms with Crippen LogP contribution in [0.2, 0.25) is 0 Å². The molecule has 5 rings (SSSR count). The number of piperidine rings is 1. The molecule has 2 fully saturated rings. The van der Waals surface area contributed by atoms with E-state index in [-0.39, 0.29) is 0 Å². The Morgan fingerprint density at radius 1 is 0.828 bits per heavy atom. The van der Waals surface area contributed by atoms with E-state index < -0.39 is 0 Å². The molecule has 0 spiro atoms. The van der Waals surface area contributed by atoms with E-state index in [1.165, 1.54) is 69.1 Å². The quantitative estimate of drug-likeness (QED) is 0.644. The number of nitrogens with zero attached hydrogens (tertiary/aromatic N) is 3. The molecule has 1 aromatic heterocycles. The van der Waals surface area contributed by atoms with Crippen molar-refractivity contribution in [2.24, 2.45) is 0 Å². The Morgan fingerprint density at radius 2 is 1.55 bits per heavy atom. The van der Waals surface area contributed by atoms with Crippen molar-refractivity contribution in [3.05, 3.63) is 60.2 Å². The average molecular weight is 389 g/mol. The first-order chi connectivity index (χ1) is 14.4. The van der Waals surface area contributed by atoms with Crippen molar-refractivity contribution in [2.45, 2.75) is 63.6 Å². The lowest BCUT2D eigenvalue weighted by atomic mass is 9.92. The molecule has 2 aliphatic rings. The zero-order valence-electron chi connectivity index (χ0n) is 17.3. The molecule has 2 heterocycles. The summed E-state index contributed by atoms with van der Waals surface area (Å²) in [6, 6.07) is 20.5. The summed E-state index contributed by atoms with van der Waals surface area (Å²) in [6.45, 7) is 3.30. The fourth-order valence-corrected chi connectivity index (χ4v) is 5.15. The van der Waals surface area contributed by atoms with E-state index >= 15 is 0 Å². The summed E-state index contributed by atoms with van der Waals surface area (Å²) in [5.74, 6) is 1.02. The molecule has 4 nitrogen and oxygen atoms in total. The molecule has 0 amide bonds. The van der Waals surface area contributed by atoms with Crippen LogP contribution in [0.25, 0.3) is 11.0 Å². The van der Waals surface area contributed by atoms with Gasteiger partial charge in [-0.25, -0.2) is 4.98 Å². The lowest BCUT2D eigenvalue weighted by Crippen LogP contribution is -2.45. The van der Waals surface area contributed by atoms with Gasteiger partial charge < -0.3 is 14.8 Å². The molecule has 2 aromatic carbocycles. The Morgan fingerprint density at radius 3 is 2.34 bits per heavy atom. The van der Waals surface area contributed by atoms with Gasteiger partial charge in [0.2, 0.25) is 5.95 Å². The summed E-state index contributed by atoms with van der Waals surface area (Å²) in [5.41, 5.74) is 3.59. The van der Waals surface area contributed by atoms with Crippen molar-refractivity contribution in [1.82, 2.24) is 14.5 Å². The molecule has 1 saturated carbocycles. The Labute approximate surface area is 173 Å². The second-order valence-corrected chi connectivity index (χ2v) is 8.74. The summed E-state index contributed by atoms with van der Waals surface area (Å²) >= 11 is 0. The number of para-hydroxylation sites is 2. The highest BCUT2D eigenvalue weighted by atomic mass is 15.2. The van der Waals surface area contributed by atoms with Gasteiger partial charge in [0.1, 0.15) is 0 Å². The minimum atomic E-state index is 0.515. The minimum absolute atomic E-state index is 0.515. The summed E-state index contributed by atoms with van der Waals surface area (Å²) in [6.07, 6.45) is 9.52. The topological polar surface area (TPSA) is 33.1 Å². The van der Waals surface area contributed by atoms with E-state index in [0.717, 1.165) is 24.1 Å². The van der Waals surface area contributed by atoms with Crippen molar-refractivity contribution in [2.75, 3.05) is 18.4 Å². The second-order valence-electron chi connectivity index (χ2n) is 8.74. The van der Waals surface area contributed by atoms with Crippen molar-refractivity contribution in [3.63, 3.8) is 0 Å². The summed E-state index contributed by atoms with van der Waals surface area (Å²) in [5, 5.41) is 3.81. The van der Waals surface area contributed by atoms with Crippen molar-refractivity contribution < 1.29 is 0 Å². The SMILES string of the molecule is c1ccc(Cn2c(NC3CCN(C4CCCCC4)CC3)nc3ccccc32)cc1. The minimum Gasteiger partial charge on any atom is -0.353 e. The molecule has 1 N–H and O–H groups in total. The fourth-order valence-electron chi connectivity index (χ4n) is 5.15. The molecule has 0 radical (unpaired) electrons. The zero-order chi connectivity index (χ0) is 19.5.